The molecule has 1 aromatic heterocycles. The predicted molar refractivity (Wildman–Crippen MR) is 108 cm³/mol. The first-order valence-electron chi connectivity index (χ1n) is 9.43. The standard InChI is InChI=1S/C21H23N5O2/c1-13(2)18-11-28-21(27)26(18)20-23-12-22-19(25-20)24-14(3)16-9-8-15-6-4-5-7-17(15)10-16/h4-10,12-14,18H,11H2,1-3H3,(H,22,23,24,25)/t14-,18-/m1/s1. The van der Waals surface area contributed by atoms with Crippen molar-refractivity contribution in [3.63, 3.8) is 0 Å². The molecule has 0 aliphatic carbocycles. The van der Waals surface area contributed by atoms with E-state index in [1.54, 1.807) is 0 Å². The van der Waals surface area contributed by atoms with Crippen LogP contribution in [0.4, 0.5) is 16.7 Å². The van der Waals surface area contributed by atoms with Crippen molar-refractivity contribution in [3.05, 3.63) is 54.4 Å². The van der Waals surface area contributed by atoms with Gasteiger partial charge in [-0.2, -0.15) is 4.98 Å². The molecule has 2 atom stereocenters. The molecular weight excluding hydrogens is 354 g/mol. The van der Waals surface area contributed by atoms with Crippen LogP contribution >= 0.6 is 0 Å². The van der Waals surface area contributed by atoms with Gasteiger partial charge in [-0.3, -0.25) is 0 Å². The fourth-order valence-electron chi connectivity index (χ4n) is 3.38. The number of hydrogen-bond donors (Lipinski definition) is 1. The summed E-state index contributed by atoms with van der Waals surface area (Å²) in [6.07, 6.45) is 0.999. The summed E-state index contributed by atoms with van der Waals surface area (Å²) >= 11 is 0. The van der Waals surface area contributed by atoms with Gasteiger partial charge in [0.2, 0.25) is 11.9 Å². The summed E-state index contributed by atoms with van der Waals surface area (Å²) in [4.78, 5) is 26.5. The summed E-state index contributed by atoms with van der Waals surface area (Å²) in [7, 11) is 0. The Morgan fingerprint density at radius 2 is 1.89 bits per heavy atom. The molecule has 2 aromatic carbocycles. The Bertz CT molecular complexity index is 1010. The number of anilines is 2. The number of nitrogens with zero attached hydrogens (tertiary/aromatic N) is 4. The number of amides is 1. The molecule has 0 bridgehead atoms. The summed E-state index contributed by atoms with van der Waals surface area (Å²) in [6.45, 7) is 6.48. The molecule has 28 heavy (non-hydrogen) atoms. The minimum atomic E-state index is -0.418. The number of fused-ring (bicyclic) bond motifs is 1. The lowest BCUT2D eigenvalue weighted by atomic mass is 10.0. The highest BCUT2D eigenvalue weighted by atomic mass is 16.6. The van der Waals surface area contributed by atoms with Crippen LogP contribution in [0.25, 0.3) is 10.8 Å². The van der Waals surface area contributed by atoms with E-state index in [1.807, 2.05) is 26.0 Å². The van der Waals surface area contributed by atoms with Crippen molar-refractivity contribution >= 4 is 28.8 Å². The van der Waals surface area contributed by atoms with E-state index in [9.17, 15) is 4.79 Å². The number of carbonyl (C=O) groups is 1. The van der Waals surface area contributed by atoms with E-state index >= 15 is 0 Å². The zero-order chi connectivity index (χ0) is 19.7. The number of benzene rings is 2. The first-order valence-corrected chi connectivity index (χ1v) is 9.43. The summed E-state index contributed by atoms with van der Waals surface area (Å²) in [6, 6.07) is 14.5. The molecule has 0 radical (unpaired) electrons. The van der Waals surface area contributed by atoms with E-state index in [0.29, 0.717) is 18.5 Å². The van der Waals surface area contributed by atoms with E-state index < -0.39 is 6.09 Å². The molecule has 1 amide bonds. The lowest BCUT2D eigenvalue weighted by Gasteiger charge is -2.22. The van der Waals surface area contributed by atoms with Crippen LogP contribution in [0.1, 0.15) is 32.4 Å². The van der Waals surface area contributed by atoms with Crippen LogP contribution in [-0.2, 0) is 4.74 Å². The number of hydrogen-bond acceptors (Lipinski definition) is 6. The van der Waals surface area contributed by atoms with Crippen molar-refractivity contribution in [2.75, 3.05) is 16.8 Å². The van der Waals surface area contributed by atoms with E-state index in [1.165, 1.54) is 22.0 Å². The minimum Gasteiger partial charge on any atom is -0.447 e. The molecule has 2 heterocycles. The average molecular weight is 377 g/mol. The van der Waals surface area contributed by atoms with Crippen molar-refractivity contribution in [2.45, 2.75) is 32.9 Å². The van der Waals surface area contributed by atoms with Gasteiger partial charge in [-0.25, -0.2) is 19.7 Å². The van der Waals surface area contributed by atoms with E-state index in [4.69, 9.17) is 4.74 Å². The van der Waals surface area contributed by atoms with Gasteiger partial charge in [0.05, 0.1) is 12.1 Å². The van der Waals surface area contributed by atoms with Crippen LogP contribution in [0.5, 0.6) is 0 Å². The monoisotopic (exact) mass is 377 g/mol. The Morgan fingerprint density at radius 3 is 2.68 bits per heavy atom. The highest BCUT2D eigenvalue weighted by molar-refractivity contribution is 5.88. The van der Waals surface area contributed by atoms with Gasteiger partial charge in [-0.15, -0.1) is 0 Å². The molecule has 1 N–H and O–H groups in total. The molecule has 7 heteroatoms. The molecule has 0 spiro atoms. The molecule has 1 saturated heterocycles. The quantitative estimate of drug-likeness (QED) is 0.718. The Morgan fingerprint density at radius 1 is 1.11 bits per heavy atom. The number of nitrogens with one attached hydrogen (secondary N) is 1. The third kappa shape index (κ3) is 3.47. The zero-order valence-corrected chi connectivity index (χ0v) is 16.2. The Labute approximate surface area is 163 Å². The van der Waals surface area contributed by atoms with Gasteiger partial charge in [0.15, 0.2) is 0 Å². The Hall–Kier alpha value is -3.22. The SMILES string of the molecule is CC(C)[C@H]1COC(=O)N1c1ncnc(N[C@H](C)c2ccc3ccccc3c2)n1. The molecule has 0 unspecified atom stereocenters. The second-order valence-corrected chi connectivity index (χ2v) is 7.34. The molecular formula is C21H23N5O2. The normalized spacial score (nSPS) is 17.8. The lowest BCUT2D eigenvalue weighted by molar-refractivity contribution is 0.177. The highest BCUT2D eigenvalue weighted by Crippen LogP contribution is 2.26. The number of ether oxygens (including phenoxy) is 1. The van der Waals surface area contributed by atoms with Crippen molar-refractivity contribution in [3.8, 4) is 0 Å². The van der Waals surface area contributed by atoms with E-state index in [2.05, 4.69) is 57.5 Å². The highest BCUT2D eigenvalue weighted by Gasteiger charge is 2.38. The number of aromatic nitrogens is 3. The van der Waals surface area contributed by atoms with Gasteiger partial charge in [0.1, 0.15) is 12.9 Å². The molecule has 7 nitrogen and oxygen atoms in total. The van der Waals surface area contributed by atoms with Crippen LogP contribution in [0.15, 0.2) is 48.8 Å². The van der Waals surface area contributed by atoms with Crippen LogP contribution in [0.2, 0.25) is 0 Å². The third-order valence-electron chi connectivity index (χ3n) is 5.07. The van der Waals surface area contributed by atoms with Crippen molar-refractivity contribution in [2.24, 2.45) is 5.92 Å². The van der Waals surface area contributed by atoms with Gasteiger partial charge in [-0.05, 0) is 35.2 Å². The number of rotatable bonds is 5. The minimum absolute atomic E-state index is 0.00807. The molecule has 144 valence electrons. The van der Waals surface area contributed by atoms with Crippen molar-refractivity contribution < 1.29 is 9.53 Å². The van der Waals surface area contributed by atoms with Gasteiger partial charge in [0, 0.05) is 0 Å². The smallest absolute Gasteiger partial charge is 0.417 e. The van der Waals surface area contributed by atoms with Crippen LogP contribution in [0, 0.1) is 5.92 Å². The van der Waals surface area contributed by atoms with Gasteiger partial charge < -0.3 is 10.1 Å². The molecule has 3 aromatic rings. The second-order valence-electron chi connectivity index (χ2n) is 7.34. The topological polar surface area (TPSA) is 80.2 Å². The summed E-state index contributed by atoms with van der Waals surface area (Å²) in [5.41, 5.74) is 1.13. The number of carbonyl (C=O) groups excluding carboxylic acids is 1. The first-order chi connectivity index (χ1) is 13.5. The fourth-order valence-corrected chi connectivity index (χ4v) is 3.38. The van der Waals surface area contributed by atoms with Gasteiger partial charge >= 0.3 is 6.09 Å². The van der Waals surface area contributed by atoms with Crippen molar-refractivity contribution in [1.82, 2.24) is 15.0 Å². The summed E-state index contributed by atoms with van der Waals surface area (Å²) in [5.74, 6) is 0.966. The second kappa shape index (κ2) is 7.42. The van der Waals surface area contributed by atoms with Crippen LogP contribution in [-0.4, -0.2) is 33.7 Å². The average Bonchev–Trinajstić information content (AvgIpc) is 3.09. The lowest BCUT2D eigenvalue weighted by Crippen LogP contribution is -2.38. The molecule has 0 saturated carbocycles. The van der Waals surface area contributed by atoms with Crippen molar-refractivity contribution in [1.29, 1.82) is 0 Å². The Balaban J connectivity index is 1.56. The van der Waals surface area contributed by atoms with E-state index in [0.717, 1.165) is 5.56 Å². The molecule has 1 aliphatic rings. The summed E-state index contributed by atoms with van der Waals surface area (Å²) in [5, 5.41) is 5.69. The fraction of sp³-hybridized carbons (Fsp3) is 0.333. The number of cyclic esters (lactones) is 1. The predicted octanol–water partition coefficient (Wildman–Crippen LogP) is 4.18. The van der Waals surface area contributed by atoms with Crippen LogP contribution in [0.3, 0.4) is 0 Å². The third-order valence-corrected chi connectivity index (χ3v) is 5.07. The molecule has 1 fully saturated rings. The maximum absolute atomic E-state index is 12.2. The first kappa shape index (κ1) is 18.2. The maximum Gasteiger partial charge on any atom is 0.417 e. The van der Waals surface area contributed by atoms with E-state index in [-0.39, 0.29) is 18.0 Å². The van der Waals surface area contributed by atoms with Crippen LogP contribution < -0.4 is 10.2 Å². The Kier molecular flexibility index (Phi) is 4.81. The molecule has 1 aliphatic heterocycles. The van der Waals surface area contributed by atoms with Gasteiger partial charge in [0.25, 0.3) is 0 Å². The summed E-state index contributed by atoms with van der Waals surface area (Å²) < 4.78 is 5.19. The largest absolute Gasteiger partial charge is 0.447 e. The molecule has 4 rings (SSSR count). The zero-order valence-electron chi connectivity index (χ0n) is 16.2. The van der Waals surface area contributed by atoms with Gasteiger partial charge in [-0.1, -0.05) is 50.2 Å². The maximum atomic E-state index is 12.2.